The van der Waals surface area contributed by atoms with Gasteiger partial charge in [-0.15, -0.1) is 0 Å². The number of aromatic carboxylic acids is 1. The van der Waals surface area contributed by atoms with Crippen molar-refractivity contribution in [1.82, 2.24) is 14.3 Å². The molecule has 5 heteroatoms. The van der Waals surface area contributed by atoms with Crippen molar-refractivity contribution in [1.29, 1.82) is 0 Å². The van der Waals surface area contributed by atoms with Crippen LogP contribution < -0.4 is 0 Å². The molecule has 0 unspecified atom stereocenters. The molecule has 0 aliphatic rings. The van der Waals surface area contributed by atoms with E-state index in [0.29, 0.717) is 6.54 Å². The molecule has 0 atom stereocenters. The molecule has 0 radical (unpaired) electrons. The summed E-state index contributed by atoms with van der Waals surface area (Å²) in [6.45, 7) is 8.63. The molecule has 0 bridgehead atoms. The van der Waals surface area contributed by atoms with Gasteiger partial charge in [0.2, 0.25) is 0 Å². The van der Waals surface area contributed by atoms with Gasteiger partial charge in [0.05, 0.1) is 11.1 Å². The molecule has 25 heavy (non-hydrogen) atoms. The highest BCUT2D eigenvalue weighted by molar-refractivity contribution is 6.08. The number of carbonyl (C=O) groups is 1. The fraction of sp³-hybridized carbons (Fsp3) is 0.200. The van der Waals surface area contributed by atoms with E-state index in [1.165, 1.54) is 5.57 Å². The van der Waals surface area contributed by atoms with Crippen molar-refractivity contribution in [3.05, 3.63) is 65.9 Å². The van der Waals surface area contributed by atoms with Crippen molar-refractivity contribution < 1.29 is 9.90 Å². The number of nitrogens with zero attached hydrogens (tertiary/aromatic N) is 3. The number of aromatic nitrogens is 3. The Morgan fingerprint density at radius 3 is 2.68 bits per heavy atom. The minimum atomic E-state index is -0.929. The Morgan fingerprint density at radius 2 is 2.04 bits per heavy atom. The number of benzene rings is 1. The molecule has 0 spiro atoms. The summed E-state index contributed by atoms with van der Waals surface area (Å²) in [5.41, 5.74) is 4.36. The summed E-state index contributed by atoms with van der Waals surface area (Å²) in [5, 5.41) is 15.7. The maximum atomic E-state index is 11.3. The zero-order valence-corrected chi connectivity index (χ0v) is 14.7. The maximum absolute atomic E-state index is 11.3. The van der Waals surface area contributed by atoms with Gasteiger partial charge in [0.1, 0.15) is 0 Å². The van der Waals surface area contributed by atoms with Crippen LogP contribution in [0.25, 0.3) is 21.9 Å². The van der Waals surface area contributed by atoms with E-state index in [2.05, 4.69) is 28.4 Å². The minimum Gasteiger partial charge on any atom is -0.478 e. The third-order valence-electron chi connectivity index (χ3n) is 4.12. The van der Waals surface area contributed by atoms with Crippen LogP contribution in [0.4, 0.5) is 0 Å². The van der Waals surface area contributed by atoms with Crippen molar-refractivity contribution in [3.63, 3.8) is 0 Å². The number of rotatable bonds is 5. The van der Waals surface area contributed by atoms with Crippen LogP contribution in [0.5, 0.6) is 0 Å². The predicted octanol–water partition coefficient (Wildman–Crippen LogP) is 4.30. The Labute approximate surface area is 146 Å². The van der Waals surface area contributed by atoms with Crippen LogP contribution in [0.3, 0.4) is 0 Å². The van der Waals surface area contributed by atoms with Crippen molar-refractivity contribution in [2.24, 2.45) is 7.05 Å². The monoisotopic (exact) mass is 335 g/mol. The molecule has 2 heterocycles. The molecule has 0 aliphatic heterocycles. The van der Waals surface area contributed by atoms with E-state index in [1.807, 2.05) is 39.2 Å². The van der Waals surface area contributed by atoms with Gasteiger partial charge in [-0.05, 0) is 37.6 Å². The minimum absolute atomic E-state index is 0.277. The Bertz CT molecular complexity index is 1040. The van der Waals surface area contributed by atoms with E-state index in [1.54, 1.807) is 16.8 Å². The van der Waals surface area contributed by atoms with Crippen molar-refractivity contribution in [3.8, 4) is 0 Å². The van der Waals surface area contributed by atoms with E-state index in [4.69, 9.17) is 0 Å². The molecule has 2 aromatic heterocycles. The van der Waals surface area contributed by atoms with Gasteiger partial charge in [0, 0.05) is 30.6 Å². The average Bonchev–Trinajstić information content (AvgIpc) is 3.07. The van der Waals surface area contributed by atoms with Gasteiger partial charge < -0.3 is 9.67 Å². The lowest BCUT2D eigenvalue weighted by atomic mass is 10.1. The van der Waals surface area contributed by atoms with Crippen LogP contribution in [0.2, 0.25) is 0 Å². The van der Waals surface area contributed by atoms with E-state index >= 15 is 0 Å². The molecule has 0 amide bonds. The molecule has 1 N–H and O–H groups in total. The highest BCUT2D eigenvalue weighted by Gasteiger charge is 2.16. The second-order valence-electron chi connectivity index (χ2n) is 6.35. The van der Waals surface area contributed by atoms with Crippen LogP contribution in [0, 0.1) is 0 Å². The number of aryl methyl sites for hydroxylation is 1. The molecule has 0 saturated heterocycles. The van der Waals surface area contributed by atoms with Crippen molar-refractivity contribution in [2.75, 3.05) is 0 Å². The number of carboxylic acids is 1. The lowest BCUT2D eigenvalue weighted by molar-refractivity contribution is 0.0697. The van der Waals surface area contributed by atoms with Crippen molar-refractivity contribution >= 4 is 27.9 Å². The quantitative estimate of drug-likeness (QED) is 0.707. The SMILES string of the molecule is C=C/C(=C\C=C(C)C)Cn1c2ccc(C(=O)O)cc2c2cn(C)nc21. The Hall–Kier alpha value is -3.08. The highest BCUT2D eigenvalue weighted by Crippen LogP contribution is 2.30. The van der Waals surface area contributed by atoms with E-state index in [-0.39, 0.29) is 5.56 Å². The largest absolute Gasteiger partial charge is 0.478 e. The summed E-state index contributed by atoms with van der Waals surface area (Å²) in [6.07, 6.45) is 7.87. The van der Waals surface area contributed by atoms with Gasteiger partial charge in [-0.1, -0.05) is 30.4 Å². The molecule has 0 saturated carbocycles. The Kier molecular flexibility index (Phi) is 4.31. The number of hydrogen-bond acceptors (Lipinski definition) is 2. The third-order valence-corrected chi connectivity index (χ3v) is 4.12. The second-order valence-corrected chi connectivity index (χ2v) is 6.35. The number of hydrogen-bond donors (Lipinski definition) is 1. The summed E-state index contributed by atoms with van der Waals surface area (Å²) in [4.78, 5) is 11.3. The molecule has 0 aliphatic carbocycles. The zero-order chi connectivity index (χ0) is 18.1. The first-order valence-corrected chi connectivity index (χ1v) is 8.06. The first-order valence-electron chi connectivity index (χ1n) is 8.06. The lowest BCUT2D eigenvalue weighted by Crippen LogP contribution is -2.02. The van der Waals surface area contributed by atoms with E-state index < -0.39 is 5.97 Å². The maximum Gasteiger partial charge on any atom is 0.335 e. The normalized spacial score (nSPS) is 11.9. The van der Waals surface area contributed by atoms with E-state index in [0.717, 1.165) is 27.5 Å². The summed E-state index contributed by atoms with van der Waals surface area (Å²) in [5.74, 6) is -0.929. The van der Waals surface area contributed by atoms with Crippen LogP contribution in [-0.2, 0) is 13.6 Å². The Morgan fingerprint density at radius 1 is 1.28 bits per heavy atom. The summed E-state index contributed by atoms with van der Waals surface area (Å²) >= 11 is 0. The smallest absolute Gasteiger partial charge is 0.335 e. The first kappa shape index (κ1) is 16.8. The fourth-order valence-corrected chi connectivity index (χ4v) is 2.90. The van der Waals surface area contributed by atoms with Crippen LogP contribution in [0.15, 0.2) is 60.3 Å². The summed E-state index contributed by atoms with van der Waals surface area (Å²) < 4.78 is 3.85. The topological polar surface area (TPSA) is 60.1 Å². The van der Waals surface area contributed by atoms with Gasteiger partial charge in [-0.2, -0.15) is 5.10 Å². The van der Waals surface area contributed by atoms with Crippen molar-refractivity contribution in [2.45, 2.75) is 20.4 Å². The molecule has 3 aromatic rings. The van der Waals surface area contributed by atoms with Gasteiger partial charge in [0.25, 0.3) is 0 Å². The molecule has 3 rings (SSSR count). The predicted molar refractivity (Wildman–Crippen MR) is 101 cm³/mol. The van der Waals surface area contributed by atoms with Crippen LogP contribution in [0.1, 0.15) is 24.2 Å². The van der Waals surface area contributed by atoms with E-state index in [9.17, 15) is 9.90 Å². The lowest BCUT2D eigenvalue weighted by Gasteiger charge is -2.07. The second kappa shape index (κ2) is 6.43. The van der Waals surface area contributed by atoms with Gasteiger partial charge >= 0.3 is 5.97 Å². The molecule has 1 aromatic carbocycles. The zero-order valence-electron chi connectivity index (χ0n) is 14.7. The Balaban J connectivity index is 2.22. The van der Waals surface area contributed by atoms with Gasteiger partial charge in [-0.25, -0.2) is 4.79 Å². The number of carboxylic acid groups (broad SMARTS) is 1. The number of fused-ring (bicyclic) bond motifs is 3. The summed E-state index contributed by atoms with van der Waals surface area (Å²) in [7, 11) is 1.87. The molecule has 5 nitrogen and oxygen atoms in total. The first-order chi connectivity index (χ1) is 11.9. The summed E-state index contributed by atoms with van der Waals surface area (Å²) in [6, 6.07) is 5.20. The fourth-order valence-electron chi connectivity index (χ4n) is 2.90. The van der Waals surface area contributed by atoms with Gasteiger partial charge in [0.15, 0.2) is 5.65 Å². The molecular weight excluding hydrogens is 314 g/mol. The molecule has 0 fully saturated rings. The molecular formula is C20H21N3O2. The standard InChI is InChI=1S/C20H21N3O2/c1-5-14(7-6-13(2)3)11-23-18-9-8-15(20(24)25)10-16(18)17-12-22(4)21-19(17)23/h5-10,12H,1,11H2,2-4H3,(H,24,25)/b14-7+. The molecule has 128 valence electrons. The average molecular weight is 335 g/mol. The highest BCUT2D eigenvalue weighted by atomic mass is 16.4. The van der Waals surface area contributed by atoms with Crippen LogP contribution in [-0.4, -0.2) is 25.4 Å². The van der Waals surface area contributed by atoms with Gasteiger partial charge in [-0.3, -0.25) is 4.68 Å². The van der Waals surface area contributed by atoms with Crippen LogP contribution >= 0.6 is 0 Å². The third kappa shape index (κ3) is 3.13. The number of allylic oxidation sites excluding steroid dienone is 5.